The predicted molar refractivity (Wildman–Crippen MR) is 86.8 cm³/mol. The van der Waals surface area contributed by atoms with Crippen molar-refractivity contribution in [2.45, 2.75) is 64.7 Å². The minimum absolute atomic E-state index is 0.112. The van der Waals surface area contributed by atoms with E-state index < -0.39 is 10.0 Å². The van der Waals surface area contributed by atoms with Crippen molar-refractivity contribution < 1.29 is 17.9 Å². The van der Waals surface area contributed by atoms with Gasteiger partial charge >= 0.3 is 0 Å². The highest BCUT2D eigenvalue weighted by molar-refractivity contribution is 7.89. The molecule has 0 unspecified atom stereocenters. The molecule has 0 aliphatic heterocycles. The second-order valence-corrected chi connectivity index (χ2v) is 7.15. The molecule has 0 heterocycles. The van der Waals surface area contributed by atoms with Crippen molar-refractivity contribution in [3.63, 3.8) is 0 Å². The number of nitrogens with two attached hydrogens (primary N) is 1. The van der Waals surface area contributed by atoms with Gasteiger partial charge in [0.2, 0.25) is 10.0 Å². The second kappa shape index (κ2) is 14.8. The molecule has 0 fully saturated rings. The summed E-state index contributed by atoms with van der Waals surface area (Å²) in [4.78, 5) is 0. The number of hydrogen-bond acceptors (Lipinski definition) is 4. The Morgan fingerprint density at radius 3 is 1.71 bits per heavy atom. The van der Waals surface area contributed by atoms with Crippen LogP contribution in [0.3, 0.4) is 0 Å². The Labute approximate surface area is 130 Å². The summed E-state index contributed by atoms with van der Waals surface area (Å²) in [6.07, 6.45) is 9.61. The lowest BCUT2D eigenvalue weighted by atomic mass is 10.1. The fourth-order valence-corrected chi connectivity index (χ4v) is 2.57. The maximum atomic E-state index is 10.7. The van der Waals surface area contributed by atoms with E-state index in [0.29, 0.717) is 19.6 Å². The van der Waals surface area contributed by atoms with E-state index in [1.165, 1.54) is 19.3 Å². The molecule has 0 aliphatic rings. The number of unbranched alkanes of at least 4 members (excludes halogenated alkanes) is 7. The Hall–Kier alpha value is -0.170. The van der Waals surface area contributed by atoms with Crippen LogP contribution in [0.25, 0.3) is 0 Å². The van der Waals surface area contributed by atoms with Crippen molar-refractivity contribution in [3.05, 3.63) is 0 Å². The first-order valence-corrected chi connectivity index (χ1v) is 9.93. The van der Waals surface area contributed by atoms with Crippen LogP contribution in [0.15, 0.2) is 0 Å². The predicted octanol–water partition coefficient (Wildman–Crippen LogP) is 2.84. The summed E-state index contributed by atoms with van der Waals surface area (Å²) in [6, 6.07) is 0. The molecule has 0 aliphatic carbocycles. The van der Waals surface area contributed by atoms with Gasteiger partial charge in [-0.1, -0.05) is 45.4 Å². The molecule has 0 radical (unpaired) electrons. The van der Waals surface area contributed by atoms with Crippen LogP contribution in [0.4, 0.5) is 0 Å². The van der Waals surface area contributed by atoms with E-state index in [9.17, 15) is 8.42 Å². The van der Waals surface area contributed by atoms with Crippen molar-refractivity contribution in [1.29, 1.82) is 0 Å². The lowest BCUT2D eigenvalue weighted by Crippen LogP contribution is -2.16. The molecule has 0 aromatic rings. The van der Waals surface area contributed by atoms with Gasteiger partial charge in [0.15, 0.2) is 0 Å². The van der Waals surface area contributed by atoms with Gasteiger partial charge in [0.05, 0.1) is 19.0 Å². The van der Waals surface area contributed by atoms with Crippen LogP contribution >= 0.6 is 0 Å². The third-order valence-electron chi connectivity index (χ3n) is 3.23. The number of primary sulfonamides is 1. The average Bonchev–Trinajstić information content (AvgIpc) is 2.42. The molecule has 0 spiro atoms. The van der Waals surface area contributed by atoms with Crippen LogP contribution in [-0.4, -0.2) is 40.6 Å². The van der Waals surface area contributed by atoms with Gasteiger partial charge in [-0.25, -0.2) is 13.6 Å². The van der Waals surface area contributed by atoms with Gasteiger partial charge in [0.1, 0.15) is 0 Å². The first-order valence-electron chi connectivity index (χ1n) is 8.22. The Kier molecular flexibility index (Phi) is 14.6. The smallest absolute Gasteiger partial charge is 0.209 e. The lowest BCUT2D eigenvalue weighted by Gasteiger charge is -2.05. The summed E-state index contributed by atoms with van der Waals surface area (Å²) >= 11 is 0. The van der Waals surface area contributed by atoms with Crippen LogP contribution in [0.5, 0.6) is 0 Å². The topological polar surface area (TPSA) is 78.6 Å². The second-order valence-electron chi connectivity index (χ2n) is 5.42. The van der Waals surface area contributed by atoms with Gasteiger partial charge in [-0.3, -0.25) is 0 Å². The normalized spacial score (nSPS) is 11.9. The Bertz CT molecular complexity index is 307. The SMILES string of the molecule is CCCCOCCOCCCCCCCCCS(N)(=O)=O. The molecule has 21 heavy (non-hydrogen) atoms. The molecule has 0 amide bonds. The van der Waals surface area contributed by atoms with E-state index in [1.54, 1.807) is 0 Å². The monoisotopic (exact) mass is 323 g/mol. The molecule has 0 aromatic carbocycles. The third-order valence-corrected chi connectivity index (χ3v) is 4.09. The van der Waals surface area contributed by atoms with Crippen LogP contribution < -0.4 is 5.14 Å². The van der Waals surface area contributed by atoms with Crippen molar-refractivity contribution in [1.82, 2.24) is 0 Å². The standard InChI is InChI=1S/C15H33NO4S/c1-2-3-11-19-13-14-20-12-9-7-5-4-6-8-10-15-21(16,17)18/h2-15H2,1H3,(H2,16,17,18). The molecule has 6 heteroatoms. The van der Waals surface area contributed by atoms with E-state index in [1.807, 2.05) is 0 Å². The summed E-state index contributed by atoms with van der Waals surface area (Å²) < 4.78 is 32.3. The maximum absolute atomic E-state index is 10.7. The molecule has 0 atom stereocenters. The van der Waals surface area contributed by atoms with E-state index >= 15 is 0 Å². The molecule has 2 N–H and O–H groups in total. The largest absolute Gasteiger partial charge is 0.379 e. The minimum atomic E-state index is -3.27. The number of rotatable bonds is 16. The van der Waals surface area contributed by atoms with Gasteiger partial charge < -0.3 is 9.47 Å². The van der Waals surface area contributed by atoms with Gasteiger partial charge in [0.25, 0.3) is 0 Å². The zero-order chi connectivity index (χ0) is 15.8. The van der Waals surface area contributed by atoms with Gasteiger partial charge in [0, 0.05) is 13.2 Å². The maximum Gasteiger partial charge on any atom is 0.209 e. The molecule has 128 valence electrons. The van der Waals surface area contributed by atoms with Crippen LogP contribution in [0.1, 0.15) is 64.7 Å². The number of sulfonamides is 1. The van der Waals surface area contributed by atoms with Crippen molar-refractivity contribution in [2.75, 3.05) is 32.2 Å². The Morgan fingerprint density at radius 1 is 0.714 bits per heavy atom. The zero-order valence-corrected chi connectivity index (χ0v) is 14.3. The molecule has 0 rings (SSSR count). The highest BCUT2D eigenvalue weighted by Gasteiger charge is 2.01. The van der Waals surface area contributed by atoms with Gasteiger partial charge in [-0.2, -0.15) is 0 Å². The van der Waals surface area contributed by atoms with Crippen molar-refractivity contribution in [2.24, 2.45) is 5.14 Å². The van der Waals surface area contributed by atoms with Crippen LogP contribution in [-0.2, 0) is 19.5 Å². The van der Waals surface area contributed by atoms with E-state index in [0.717, 1.165) is 45.3 Å². The average molecular weight is 323 g/mol. The molecule has 0 aromatic heterocycles. The van der Waals surface area contributed by atoms with E-state index in [4.69, 9.17) is 14.6 Å². The lowest BCUT2D eigenvalue weighted by molar-refractivity contribution is 0.0453. The molecule has 0 saturated carbocycles. The summed E-state index contributed by atoms with van der Waals surface area (Å²) in [5, 5.41) is 4.94. The summed E-state index contributed by atoms with van der Waals surface area (Å²) in [7, 11) is -3.27. The first kappa shape index (κ1) is 20.8. The molecular formula is C15H33NO4S. The van der Waals surface area contributed by atoms with Gasteiger partial charge in [-0.05, 0) is 19.3 Å². The Morgan fingerprint density at radius 2 is 1.19 bits per heavy atom. The molecule has 0 bridgehead atoms. The Balaban J connectivity index is 3.03. The fourth-order valence-electron chi connectivity index (χ4n) is 1.96. The highest BCUT2D eigenvalue weighted by atomic mass is 32.2. The molecule has 0 saturated heterocycles. The fraction of sp³-hybridized carbons (Fsp3) is 1.00. The number of ether oxygens (including phenoxy) is 2. The minimum Gasteiger partial charge on any atom is -0.379 e. The summed E-state index contributed by atoms with van der Waals surface area (Å²) in [6.45, 7) is 5.19. The molecular weight excluding hydrogens is 290 g/mol. The van der Waals surface area contributed by atoms with E-state index in [-0.39, 0.29) is 5.75 Å². The third kappa shape index (κ3) is 19.8. The van der Waals surface area contributed by atoms with Crippen LogP contribution in [0, 0.1) is 0 Å². The summed E-state index contributed by atoms with van der Waals surface area (Å²) in [5.41, 5.74) is 0. The van der Waals surface area contributed by atoms with E-state index in [2.05, 4.69) is 6.92 Å². The first-order chi connectivity index (χ1) is 10.1. The summed E-state index contributed by atoms with van der Waals surface area (Å²) in [5.74, 6) is 0.112. The van der Waals surface area contributed by atoms with Crippen molar-refractivity contribution in [3.8, 4) is 0 Å². The zero-order valence-electron chi connectivity index (χ0n) is 13.5. The van der Waals surface area contributed by atoms with Crippen molar-refractivity contribution >= 4 is 10.0 Å². The van der Waals surface area contributed by atoms with Crippen LogP contribution in [0.2, 0.25) is 0 Å². The molecule has 5 nitrogen and oxygen atoms in total. The quantitative estimate of drug-likeness (QED) is 0.443. The highest BCUT2D eigenvalue weighted by Crippen LogP contribution is 2.07. The van der Waals surface area contributed by atoms with Gasteiger partial charge in [-0.15, -0.1) is 0 Å². The number of hydrogen-bond donors (Lipinski definition) is 1.